The number of benzene rings is 2. The summed E-state index contributed by atoms with van der Waals surface area (Å²) in [5, 5.41) is 0. The van der Waals surface area contributed by atoms with Gasteiger partial charge in [-0.2, -0.15) is 0 Å². The zero-order valence-corrected chi connectivity index (χ0v) is 11.0. The Morgan fingerprint density at radius 3 is 2.25 bits per heavy atom. The van der Waals surface area contributed by atoms with Crippen molar-refractivity contribution in [3.05, 3.63) is 66.0 Å². The summed E-state index contributed by atoms with van der Waals surface area (Å²) >= 11 is 0. The number of carbonyl (C=O) groups is 1. The molecule has 1 amide bonds. The van der Waals surface area contributed by atoms with Crippen LogP contribution >= 0.6 is 0 Å². The third-order valence-electron chi connectivity index (χ3n) is 2.46. The monoisotopic (exact) mass is 298 g/mol. The topological polar surface area (TPSA) is 75.3 Å². The number of amides is 1. The van der Waals surface area contributed by atoms with Crippen LogP contribution in [0.15, 0.2) is 59.5 Å². The van der Waals surface area contributed by atoms with Gasteiger partial charge in [-0.3, -0.25) is 10.2 Å². The molecular formula is C13H15FN2O3S. The van der Waals surface area contributed by atoms with Crippen molar-refractivity contribution in [2.45, 2.75) is 4.90 Å². The van der Waals surface area contributed by atoms with Gasteiger partial charge in [0.25, 0.3) is 15.9 Å². The van der Waals surface area contributed by atoms with Crippen LogP contribution in [0.25, 0.3) is 0 Å². The molecule has 0 heterocycles. The Morgan fingerprint density at radius 1 is 1.00 bits per heavy atom. The van der Waals surface area contributed by atoms with Crippen molar-refractivity contribution in [1.29, 1.82) is 0 Å². The molecule has 2 rings (SSSR count). The number of hydrogen-bond acceptors (Lipinski definition) is 3. The van der Waals surface area contributed by atoms with E-state index in [-0.39, 0.29) is 8.42 Å². The lowest BCUT2D eigenvalue weighted by molar-refractivity contribution is 0.0945. The zero-order chi connectivity index (χ0) is 14.6. The van der Waals surface area contributed by atoms with Gasteiger partial charge < -0.3 is 0 Å². The molecule has 0 saturated carbocycles. The number of carbonyl (C=O) groups excluding carboxylic acids is 1. The summed E-state index contributed by atoms with van der Waals surface area (Å²) in [6.45, 7) is 0. The van der Waals surface area contributed by atoms with Crippen LogP contribution in [0.5, 0.6) is 0 Å². The van der Waals surface area contributed by atoms with E-state index in [0.29, 0.717) is 0 Å². The Labute approximate surface area is 118 Å². The van der Waals surface area contributed by atoms with Gasteiger partial charge in [-0.15, -0.1) is 4.83 Å². The number of halogens is 1. The average Bonchev–Trinajstić information content (AvgIpc) is 2.46. The van der Waals surface area contributed by atoms with E-state index >= 15 is 0 Å². The van der Waals surface area contributed by atoms with Crippen LogP contribution in [0.4, 0.5) is 4.39 Å². The Balaban J connectivity index is 0.00000220. The minimum atomic E-state index is -4.15. The number of hydrogen-bond donors (Lipinski definition) is 2. The molecule has 0 aliphatic heterocycles. The lowest BCUT2D eigenvalue weighted by Crippen LogP contribution is -2.41. The van der Waals surface area contributed by atoms with E-state index in [9.17, 15) is 17.6 Å². The molecule has 0 saturated heterocycles. The number of rotatable bonds is 4. The molecule has 0 aliphatic carbocycles. The Morgan fingerprint density at radius 2 is 1.60 bits per heavy atom. The first-order valence-corrected chi connectivity index (χ1v) is 7.11. The minimum absolute atomic E-state index is 0. The van der Waals surface area contributed by atoms with Crippen LogP contribution in [-0.4, -0.2) is 14.3 Å². The third kappa shape index (κ3) is 3.19. The predicted molar refractivity (Wildman–Crippen MR) is 74.9 cm³/mol. The van der Waals surface area contributed by atoms with Gasteiger partial charge in [-0.25, -0.2) is 12.8 Å². The molecule has 0 aromatic heterocycles. The van der Waals surface area contributed by atoms with E-state index in [0.717, 1.165) is 12.1 Å². The zero-order valence-electron chi connectivity index (χ0n) is 10.2. The second-order valence-corrected chi connectivity index (χ2v) is 5.51. The van der Waals surface area contributed by atoms with E-state index in [4.69, 9.17) is 0 Å². The lowest BCUT2D eigenvalue weighted by atomic mass is 10.2. The van der Waals surface area contributed by atoms with Crippen LogP contribution in [0.2, 0.25) is 0 Å². The SMILES string of the molecule is O=C(NNS(=O)(=O)c1ccccc1F)c1ccccc1.[HH].[HH]. The normalized spacial score (nSPS) is 11.1. The molecule has 0 fully saturated rings. The van der Waals surface area contributed by atoms with E-state index in [2.05, 4.69) is 0 Å². The third-order valence-corrected chi connectivity index (χ3v) is 3.74. The fourth-order valence-electron chi connectivity index (χ4n) is 1.49. The fraction of sp³-hybridized carbons (Fsp3) is 0. The Bertz CT molecular complexity index is 727. The van der Waals surface area contributed by atoms with Gasteiger partial charge in [0.1, 0.15) is 10.7 Å². The lowest BCUT2D eigenvalue weighted by Gasteiger charge is -2.08. The summed E-state index contributed by atoms with van der Waals surface area (Å²) in [4.78, 5) is 13.0. The maximum atomic E-state index is 13.4. The van der Waals surface area contributed by atoms with E-state index < -0.39 is 26.6 Å². The molecule has 0 radical (unpaired) electrons. The van der Waals surface area contributed by atoms with Crippen molar-refractivity contribution in [3.8, 4) is 0 Å². The molecule has 0 aliphatic rings. The van der Waals surface area contributed by atoms with Gasteiger partial charge in [-0.1, -0.05) is 30.3 Å². The fourth-order valence-corrected chi connectivity index (χ4v) is 2.41. The first-order valence-electron chi connectivity index (χ1n) is 5.62. The van der Waals surface area contributed by atoms with Crippen LogP contribution in [-0.2, 0) is 10.0 Å². The first-order chi connectivity index (χ1) is 9.50. The van der Waals surface area contributed by atoms with E-state index in [1.54, 1.807) is 18.2 Å². The van der Waals surface area contributed by atoms with Gasteiger partial charge >= 0.3 is 0 Å². The first kappa shape index (κ1) is 14.2. The second kappa shape index (κ2) is 5.81. The quantitative estimate of drug-likeness (QED) is 0.847. The Kier molecular flexibility index (Phi) is 4.11. The molecule has 2 aromatic rings. The van der Waals surface area contributed by atoms with E-state index in [1.807, 2.05) is 10.3 Å². The maximum absolute atomic E-state index is 13.4. The van der Waals surface area contributed by atoms with Crippen molar-refractivity contribution in [3.63, 3.8) is 0 Å². The van der Waals surface area contributed by atoms with Gasteiger partial charge in [-0.05, 0) is 24.3 Å². The van der Waals surface area contributed by atoms with Crippen molar-refractivity contribution in [2.75, 3.05) is 0 Å². The molecule has 0 atom stereocenters. The molecule has 0 unspecified atom stereocenters. The van der Waals surface area contributed by atoms with Gasteiger partial charge in [0.05, 0.1) is 0 Å². The summed E-state index contributed by atoms with van der Waals surface area (Å²) in [6, 6.07) is 12.9. The van der Waals surface area contributed by atoms with Crippen molar-refractivity contribution < 1.29 is 20.5 Å². The van der Waals surface area contributed by atoms with Crippen LogP contribution < -0.4 is 10.3 Å². The molecule has 0 bridgehead atoms. The summed E-state index contributed by atoms with van der Waals surface area (Å²) in [5.41, 5.74) is 2.30. The van der Waals surface area contributed by atoms with Crippen molar-refractivity contribution in [2.24, 2.45) is 0 Å². The highest BCUT2D eigenvalue weighted by Crippen LogP contribution is 2.12. The molecular weight excluding hydrogens is 283 g/mol. The van der Waals surface area contributed by atoms with Crippen LogP contribution in [0.1, 0.15) is 13.2 Å². The molecule has 5 nitrogen and oxygen atoms in total. The summed E-state index contributed by atoms with van der Waals surface area (Å²) in [7, 11) is -4.15. The molecule has 7 heteroatoms. The molecule has 108 valence electrons. The largest absolute Gasteiger partial charge is 0.273 e. The molecule has 0 spiro atoms. The average molecular weight is 298 g/mol. The highest BCUT2D eigenvalue weighted by atomic mass is 32.2. The molecule has 20 heavy (non-hydrogen) atoms. The summed E-state index contributed by atoms with van der Waals surface area (Å²) in [5.74, 6) is -1.53. The smallest absolute Gasteiger partial charge is 0.266 e. The molecule has 2 aromatic carbocycles. The predicted octanol–water partition coefficient (Wildman–Crippen LogP) is 1.94. The van der Waals surface area contributed by atoms with Gasteiger partial charge in [0.15, 0.2) is 0 Å². The highest BCUT2D eigenvalue weighted by Gasteiger charge is 2.19. The highest BCUT2D eigenvalue weighted by molar-refractivity contribution is 7.89. The second-order valence-electron chi connectivity index (χ2n) is 3.86. The molecule has 2 N–H and O–H groups in total. The van der Waals surface area contributed by atoms with Gasteiger partial charge in [0.2, 0.25) is 0 Å². The standard InChI is InChI=1S/C13H11FN2O3S.2H2/c14-11-8-4-5-9-12(11)20(18,19)16-15-13(17)10-6-2-1-3-7-10;;/h1-9,16H,(H,15,17);2*1H. The number of nitrogens with one attached hydrogen (secondary N) is 2. The Hall–Kier alpha value is -2.25. The van der Waals surface area contributed by atoms with Crippen molar-refractivity contribution in [1.82, 2.24) is 10.3 Å². The minimum Gasteiger partial charge on any atom is -0.273 e. The van der Waals surface area contributed by atoms with Crippen LogP contribution in [0, 0.1) is 5.82 Å². The number of hydrazine groups is 1. The summed E-state index contributed by atoms with van der Waals surface area (Å²) in [6.07, 6.45) is 0. The maximum Gasteiger partial charge on any atom is 0.266 e. The van der Waals surface area contributed by atoms with Crippen molar-refractivity contribution >= 4 is 15.9 Å². The van der Waals surface area contributed by atoms with E-state index in [1.165, 1.54) is 24.3 Å². The summed E-state index contributed by atoms with van der Waals surface area (Å²) < 4.78 is 37.0. The van der Waals surface area contributed by atoms with Gasteiger partial charge in [0, 0.05) is 8.42 Å². The number of sulfonamides is 1. The van der Waals surface area contributed by atoms with Crippen LogP contribution in [0.3, 0.4) is 0 Å².